The fourth-order valence-corrected chi connectivity index (χ4v) is 3.27. The van der Waals surface area contributed by atoms with Crippen LogP contribution in [0.3, 0.4) is 0 Å². The van der Waals surface area contributed by atoms with Crippen molar-refractivity contribution < 1.29 is 4.74 Å². The zero-order valence-electron chi connectivity index (χ0n) is 14.0. The van der Waals surface area contributed by atoms with Crippen LogP contribution in [0.4, 0.5) is 0 Å². The molecule has 1 aromatic heterocycles. The summed E-state index contributed by atoms with van der Waals surface area (Å²) in [6, 6.07) is 23.7. The molecule has 0 aliphatic heterocycles. The van der Waals surface area contributed by atoms with Crippen molar-refractivity contribution >= 4 is 23.2 Å². The number of para-hydroxylation sites is 1. The fourth-order valence-electron chi connectivity index (χ4n) is 2.77. The lowest BCUT2D eigenvalue weighted by molar-refractivity contribution is 0.483. The third kappa shape index (κ3) is 3.77. The summed E-state index contributed by atoms with van der Waals surface area (Å²) in [7, 11) is 0. The number of rotatable bonds is 4. The zero-order valence-corrected chi connectivity index (χ0v) is 15.5. The largest absolute Gasteiger partial charge is 0.457 e. The van der Waals surface area contributed by atoms with Gasteiger partial charge in [-0.15, -0.1) is 0 Å². The van der Waals surface area contributed by atoms with Gasteiger partial charge in [-0.05, 0) is 54.6 Å². The molecule has 0 unspecified atom stereocenters. The molecule has 134 valence electrons. The number of benzene rings is 3. The molecule has 4 nitrogen and oxygen atoms in total. The highest BCUT2D eigenvalue weighted by molar-refractivity contribution is 6.35. The molecule has 0 saturated carbocycles. The first kappa shape index (κ1) is 17.5. The van der Waals surface area contributed by atoms with Crippen LogP contribution in [-0.4, -0.2) is 9.78 Å². The molecular weight excluding hydrogens is 383 g/mol. The first-order valence-corrected chi connectivity index (χ1v) is 8.96. The molecule has 4 aromatic rings. The molecule has 3 aromatic carbocycles. The smallest absolute Gasteiger partial charge is 0.265 e. The second-order valence-electron chi connectivity index (χ2n) is 5.88. The topological polar surface area (TPSA) is 47.0 Å². The van der Waals surface area contributed by atoms with E-state index in [4.69, 9.17) is 27.9 Å². The molecule has 6 heteroatoms. The van der Waals surface area contributed by atoms with E-state index in [-0.39, 0.29) is 5.56 Å². The Kier molecular flexibility index (Phi) is 4.75. The van der Waals surface area contributed by atoms with Gasteiger partial charge >= 0.3 is 0 Å². The van der Waals surface area contributed by atoms with Crippen LogP contribution in [0.2, 0.25) is 10.0 Å². The van der Waals surface area contributed by atoms with Crippen LogP contribution < -0.4 is 10.3 Å². The lowest BCUT2D eigenvalue weighted by Gasteiger charge is -2.11. The number of aromatic amines is 1. The van der Waals surface area contributed by atoms with Crippen LogP contribution in [0.1, 0.15) is 0 Å². The number of nitrogens with one attached hydrogen (secondary N) is 1. The van der Waals surface area contributed by atoms with E-state index in [1.54, 1.807) is 22.9 Å². The minimum atomic E-state index is -0.222. The second kappa shape index (κ2) is 7.35. The predicted molar refractivity (Wildman–Crippen MR) is 108 cm³/mol. The Morgan fingerprint density at radius 1 is 0.815 bits per heavy atom. The van der Waals surface area contributed by atoms with Crippen LogP contribution in [0.25, 0.3) is 16.9 Å². The van der Waals surface area contributed by atoms with Gasteiger partial charge in [0.2, 0.25) is 0 Å². The minimum Gasteiger partial charge on any atom is -0.457 e. The monoisotopic (exact) mass is 396 g/mol. The van der Waals surface area contributed by atoms with Crippen LogP contribution in [0.5, 0.6) is 11.5 Å². The maximum Gasteiger partial charge on any atom is 0.265 e. The summed E-state index contributed by atoms with van der Waals surface area (Å²) < 4.78 is 7.46. The Hall–Kier alpha value is -2.95. The average molecular weight is 397 g/mol. The van der Waals surface area contributed by atoms with Crippen molar-refractivity contribution in [3.63, 3.8) is 0 Å². The maximum absolute atomic E-state index is 12.0. The molecule has 0 spiro atoms. The molecule has 4 rings (SSSR count). The van der Waals surface area contributed by atoms with Crippen molar-refractivity contribution in [3.8, 4) is 28.4 Å². The summed E-state index contributed by atoms with van der Waals surface area (Å²) in [6.07, 6.45) is 0. The van der Waals surface area contributed by atoms with E-state index in [9.17, 15) is 4.79 Å². The van der Waals surface area contributed by atoms with Gasteiger partial charge in [0.1, 0.15) is 11.5 Å². The zero-order chi connectivity index (χ0) is 18.8. The van der Waals surface area contributed by atoms with Gasteiger partial charge in [-0.2, -0.15) is 0 Å². The number of hydrogen-bond acceptors (Lipinski definition) is 2. The molecule has 0 amide bonds. The van der Waals surface area contributed by atoms with Gasteiger partial charge < -0.3 is 4.74 Å². The Morgan fingerprint density at radius 3 is 2.22 bits per heavy atom. The maximum atomic E-state index is 12.0. The van der Waals surface area contributed by atoms with Gasteiger partial charge in [0.25, 0.3) is 5.56 Å². The highest BCUT2D eigenvalue weighted by Crippen LogP contribution is 2.29. The van der Waals surface area contributed by atoms with Gasteiger partial charge in [0.05, 0.1) is 16.4 Å². The van der Waals surface area contributed by atoms with E-state index in [1.165, 1.54) is 6.07 Å². The van der Waals surface area contributed by atoms with Crippen molar-refractivity contribution in [1.82, 2.24) is 9.78 Å². The number of aromatic nitrogens is 2. The fraction of sp³-hybridized carbons (Fsp3) is 0. The molecule has 0 radical (unpaired) electrons. The molecule has 0 atom stereocenters. The van der Waals surface area contributed by atoms with Crippen molar-refractivity contribution in [3.05, 3.63) is 99.3 Å². The van der Waals surface area contributed by atoms with Crippen molar-refractivity contribution in [2.24, 2.45) is 0 Å². The molecule has 1 N–H and O–H groups in total. The molecule has 1 heterocycles. The average Bonchev–Trinajstić information content (AvgIpc) is 3.05. The van der Waals surface area contributed by atoms with Gasteiger partial charge in [-0.25, -0.2) is 0 Å². The summed E-state index contributed by atoms with van der Waals surface area (Å²) in [4.78, 5) is 12.0. The van der Waals surface area contributed by atoms with Crippen molar-refractivity contribution in [1.29, 1.82) is 0 Å². The predicted octanol–water partition coefficient (Wildman–Crippen LogP) is 5.93. The summed E-state index contributed by atoms with van der Waals surface area (Å²) in [5.74, 6) is 1.47. The molecule has 0 fully saturated rings. The Morgan fingerprint density at radius 2 is 1.52 bits per heavy atom. The normalized spacial score (nSPS) is 10.7. The SMILES string of the molecule is O=c1cc(-c2ccc(Oc3ccccc3)cc2)n(-c2ccc(Cl)cc2Cl)[nH]1. The standard InChI is InChI=1S/C21H14Cl2N2O2/c22-15-8-11-19(18(23)12-15)25-20(13-21(26)24-25)14-6-9-17(10-7-14)27-16-4-2-1-3-5-16/h1-13H,(H,24,26). The molecule has 0 aliphatic rings. The Balaban J connectivity index is 1.69. The van der Waals surface area contributed by atoms with Crippen LogP contribution in [0, 0.1) is 0 Å². The number of halogens is 2. The summed E-state index contributed by atoms with van der Waals surface area (Å²) in [5, 5.41) is 3.75. The van der Waals surface area contributed by atoms with E-state index in [0.29, 0.717) is 27.2 Å². The summed E-state index contributed by atoms with van der Waals surface area (Å²) >= 11 is 12.3. The van der Waals surface area contributed by atoms with E-state index in [2.05, 4.69) is 5.10 Å². The van der Waals surface area contributed by atoms with Gasteiger partial charge in [0, 0.05) is 16.7 Å². The number of nitrogens with zero attached hydrogens (tertiary/aromatic N) is 1. The second-order valence-corrected chi connectivity index (χ2v) is 6.72. The Bertz CT molecular complexity index is 1130. The number of H-pyrrole nitrogens is 1. The van der Waals surface area contributed by atoms with Gasteiger partial charge in [-0.1, -0.05) is 41.4 Å². The molecule has 0 aliphatic carbocycles. The third-order valence-electron chi connectivity index (χ3n) is 4.01. The van der Waals surface area contributed by atoms with Crippen LogP contribution in [-0.2, 0) is 0 Å². The van der Waals surface area contributed by atoms with E-state index < -0.39 is 0 Å². The number of hydrogen-bond donors (Lipinski definition) is 1. The van der Waals surface area contributed by atoms with Crippen molar-refractivity contribution in [2.75, 3.05) is 0 Å². The minimum absolute atomic E-state index is 0.222. The Labute approximate surface area is 165 Å². The molecular formula is C21H14Cl2N2O2. The van der Waals surface area contributed by atoms with E-state index >= 15 is 0 Å². The first-order valence-electron chi connectivity index (χ1n) is 8.21. The summed E-state index contributed by atoms with van der Waals surface area (Å²) in [6.45, 7) is 0. The number of ether oxygens (including phenoxy) is 1. The summed E-state index contributed by atoms with van der Waals surface area (Å²) in [5.41, 5.74) is 1.96. The van der Waals surface area contributed by atoms with E-state index in [1.807, 2.05) is 54.6 Å². The van der Waals surface area contributed by atoms with E-state index in [0.717, 1.165) is 11.3 Å². The van der Waals surface area contributed by atoms with Crippen LogP contribution >= 0.6 is 23.2 Å². The highest BCUT2D eigenvalue weighted by Gasteiger charge is 2.12. The first-order chi connectivity index (χ1) is 13.1. The van der Waals surface area contributed by atoms with Gasteiger partial charge in [0.15, 0.2) is 0 Å². The quantitative estimate of drug-likeness (QED) is 0.464. The third-order valence-corrected chi connectivity index (χ3v) is 4.55. The molecule has 27 heavy (non-hydrogen) atoms. The molecule has 0 bridgehead atoms. The van der Waals surface area contributed by atoms with Crippen LogP contribution in [0.15, 0.2) is 83.7 Å². The van der Waals surface area contributed by atoms with Gasteiger partial charge in [-0.3, -0.25) is 14.6 Å². The molecule has 0 saturated heterocycles. The van der Waals surface area contributed by atoms with Crippen molar-refractivity contribution in [2.45, 2.75) is 0 Å². The lowest BCUT2D eigenvalue weighted by Crippen LogP contribution is -2.04. The highest BCUT2D eigenvalue weighted by atomic mass is 35.5. The lowest BCUT2D eigenvalue weighted by atomic mass is 10.1.